The molecule has 0 aliphatic carbocycles. The maximum atomic E-state index is 14.0. The number of imidazole rings is 1. The van der Waals surface area contributed by atoms with Crippen molar-refractivity contribution in [1.82, 2.24) is 33.6 Å². The van der Waals surface area contributed by atoms with Crippen molar-refractivity contribution in [2.24, 2.45) is 14.1 Å². The number of alkyl carbamates (subject to hydrolysis) is 1. The van der Waals surface area contributed by atoms with E-state index in [2.05, 4.69) is 22.1 Å². The highest BCUT2D eigenvalue weighted by Crippen LogP contribution is 2.23. The number of nitrogens with zero attached hydrogens (tertiary/aromatic N) is 7. The Morgan fingerprint density at radius 3 is 2.53 bits per heavy atom. The van der Waals surface area contributed by atoms with Crippen molar-refractivity contribution in [2.75, 3.05) is 18.0 Å². The number of anilines is 1. The number of piperidine rings is 1. The van der Waals surface area contributed by atoms with E-state index in [-0.39, 0.29) is 41.7 Å². The molecule has 1 fully saturated rings. The van der Waals surface area contributed by atoms with Crippen LogP contribution in [-0.2, 0) is 31.9 Å². The van der Waals surface area contributed by atoms with Gasteiger partial charge in [-0.1, -0.05) is 18.1 Å². The van der Waals surface area contributed by atoms with Crippen LogP contribution >= 0.6 is 0 Å². The molecule has 1 N–H and O–H groups in total. The minimum absolute atomic E-state index is 0.170. The molecular formula is C30H36N8O5. The van der Waals surface area contributed by atoms with E-state index in [0.717, 1.165) is 17.4 Å². The van der Waals surface area contributed by atoms with Crippen molar-refractivity contribution >= 4 is 34.1 Å². The van der Waals surface area contributed by atoms with E-state index in [1.807, 2.05) is 25.7 Å². The minimum Gasteiger partial charge on any atom is -0.444 e. The third kappa shape index (κ3) is 5.77. The number of aryl methyl sites for hydroxylation is 1. The van der Waals surface area contributed by atoms with Crippen molar-refractivity contribution < 1.29 is 9.53 Å². The molecule has 1 aliphatic rings. The molecule has 0 radical (unpaired) electrons. The van der Waals surface area contributed by atoms with Gasteiger partial charge in [0.05, 0.1) is 24.0 Å². The number of hydrogen-bond donors (Lipinski definition) is 1. The molecule has 0 bridgehead atoms. The summed E-state index contributed by atoms with van der Waals surface area (Å²) in [5, 5.41) is 3.39. The van der Waals surface area contributed by atoms with Crippen LogP contribution in [0.5, 0.6) is 0 Å². The summed E-state index contributed by atoms with van der Waals surface area (Å²) in [5.41, 5.74) is -1.11. The maximum Gasteiger partial charge on any atom is 0.407 e. The number of para-hydroxylation sites is 1. The number of amides is 1. The van der Waals surface area contributed by atoms with E-state index >= 15 is 0 Å². The summed E-state index contributed by atoms with van der Waals surface area (Å²) in [7, 11) is 3.13. The SMILES string of the molecule is CC#CCn1c(N2CCCC(NC(=O)OC(C)(C)C)C2)nc2c1c(=O)n(Cc1nc3ccccc3c(=O)n1C)c(=O)n2C. The molecule has 1 saturated heterocycles. The van der Waals surface area contributed by atoms with Crippen LogP contribution in [0.25, 0.3) is 22.1 Å². The number of carbonyl (C=O) groups excluding carboxylic acids is 1. The Morgan fingerprint density at radius 1 is 1.07 bits per heavy atom. The van der Waals surface area contributed by atoms with Gasteiger partial charge in [-0.05, 0) is 52.7 Å². The third-order valence-electron chi connectivity index (χ3n) is 7.43. The highest BCUT2D eigenvalue weighted by atomic mass is 16.6. The van der Waals surface area contributed by atoms with E-state index in [0.29, 0.717) is 29.9 Å². The number of aromatic nitrogens is 6. The fourth-order valence-electron chi connectivity index (χ4n) is 5.35. The van der Waals surface area contributed by atoms with Gasteiger partial charge in [0, 0.05) is 33.2 Å². The lowest BCUT2D eigenvalue weighted by Crippen LogP contribution is -2.49. The molecule has 1 aliphatic heterocycles. The Hall–Kier alpha value is -4.86. The molecule has 0 spiro atoms. The zero-order valence-corrected chi connectivity index (χ0v) is 25.3. The molecular weight excluding hydrogens is 552 g/mol. The largest absolute Gasteiger partial charge is 0.444 e. The van der Waals surface area contributed by atoms with Crippen LogP contribution in [-0.4, -0.2) is 59.1 Å². The van der Waals surface area contributed by atoms with Crippen molar-refractivity contribution in [3.05, 3.63) is 61.3 Å². The summed E-state index contributed by atoms with van der Waals surface area (Å²) in [6.45, 7) is 8.18. The molecule has 226 valence electrons. The van der Waals surface area contributed by atoms with E-state index in [1.54, 1.807) is 49.9 Å². The smallest absolute Gasteiger partial charge is 0.407 e. The monoisotopic (exact) mass is 588 g/mol. The number of rotatable bonds is 5. The number of hydrogen-bond acceptors (Lipinski definition) is 8. The number of ether oxygens (including phenoxy) is 1. The first-order valence-electron chi connectivity index (χ1n) is 14.2. The predicted molar refractivity (Wildman–Crippen MR) is 163 cm³/mol. The fourth-order valence-corrected chi connectivity index (χ4v) is 5.35. The van der Waals surface area contributed by atoms with Crippen LogP contribution < -0.4 is 27.0 Å². The fraction of sp³-hybridized carbons (Fsp3) is 0.467. The summed E-state index contributed by atoms with van der Waals surface area (Å²) in [6, 6.07) is 6.75. The van der Waals surface area contributed by atoms with Gasteiger partial charge < -0.3 is 15.0 Å². The molecule has 4 heterocycles. The Balaban J connectivity index is 1.58. The van der Waals surface area contributed by atoms with E-state index in [1.165, 1.54) is 9.13 Å². The van der Waals surface area contributed by atoms with Crippen molar-refractivity contribution in [3.8, 4) is 11.8 Å². The van der Waals surface area contributed by atoms with Crippen LogP contribution in [0.4, 0.5) is 10.7 Å². The van der Waals surface area contributed by atoms with E-state index in [9.17, 15) is 19.2 Å². The maximum absolute atomic E-state index is 14.0. The second-order valence-electron chi connectivity index (χ2n) is 11.7. The second kappa shape index (κ2) is 11.4. The summed E-state index contributed by atoms with van der Waals surface area (Å²) in [6.07, 6.45) is 1.04. The number of carbonyl (C=O) groups is 1. The standard InChI is InChI=1S/C30H36N8O5/c1-7-8-16-37-23-24(33-27(37)36-15-11-12-19(17-36)31-28(41)43-30(2,3)4)35(6)29(42)38(26(23)40)18-22-32-21-14-10-9-13-20(21)25(39)34(22)5/h9-10,13-14,19H,11-12,15-18H2,1-6H3,(H,31,41). The van der Waals surface area contributed by atoms with Crippen LogP contribution in [0.1, 0.15) is 46.4 Å². The predicted octanol–water partition coefficient (Wildman–Crippen LogP) is 1.71. The Labute approximate surface area is 247 Å². The first-order chi connectivity index (χ1) is 20.4. The lowest BCUT2D eigenvalue weighted by molar-refractivity contribution is 0.0499. The number of fused-ring (bicyclic) bond motifs is 2. The van der Waals surface area contributed by atoms with Crippen LogP contribution in [0.15, 0.2) is 38.6 Å². The molecule has 43 heavy (non-hydrogen) atoms. The van der Waals surface area contributed by atoms with Gasteiger partial charge in [-0.25, -0.2) is 14.6 Å². The summed E-state index contributed by atoms with van der Waals surface area (Å²) in [4.78, 5) is 64.3. The van der Waals surface area contributed by atoms with Gasteiger partial charge in [0.15, 0.2) is 11.2 Å². The second-order valence-corrected chi connectivity index (χ2v) is 11.7. The molecule has 0 saturated carbocycles. The van der Waals surface area contributed by atoms with Crippen molar-refractivity contribution in [2.45, 2.75) is 65.3 Å². The highest BCUT2D eigenvalue weighted by molar-refractivity contribution is 5.77. The van der Waals surface area contributed by atoms with Gasteiger partial charge in [-0.3, -0.25) is 27.9 Å². The quantitative estimate of drug-likeness (QED) is 0.348. The Morgan fingerprint density at radius 2 is 1.81 bits per heavy atom. The number of nitrogens with one attached hydrogen (secondary N) is 1. The lowest BCUT2D eigenvalue weighted by Gasteiger charge is -2.34. The molecule has 4 aromatic rings. The molecule has 3 aromatic heterocycles. The minimum atomic E-state index is -0.620. The zero-order chi connectivity index (χ0) is 31.1. The van der Waals surface area contributed by atoms with Crippen LogP contribution in [0, 0.1) is 11.8 Å². The average molecular weight is 589 g/mol. The number of benzene rings is 1. The first-order valence-corrected chi connectivity index (χ1v) is 14.2. The Bertz CT molecular complexity index is 1970. The molecule has 13 heteroatoms. The molecule has 13 nitrogen and oxygen atoms in total. The average Bonchev–Trinajstić information content (AvgIpc) is 3.34. The van der Waals surface area contributed by atoms with Crippen LogP contribution in [0.3, 0.4) is 0 Å². The normalized spacial score (nSPS) is 15.4. The van der Waals surface area contributed by atoms with Crippen molar-refractivity contribution in [1.29, 1.82) is 0 Å². The van der Waals surface area contributed by atoms with Gasteiger partial charge in [-0.2, -0.15) is 4.98 Å². The van der Waals surface area contributed by atoms with Crippen molar-refractivity contribution in [3.63, 3.8) is 0 Å². The van der Waals surface area contributed by atoms with E-state index < -0.39 is 22.9 Å². The molecule has 5 rings (SSSR count). The topological polar surface area (TPSA) is 138 Å². The van der Waals surface area contributed by atoms with Gasteiger partial charge >= 0.3 is 11.8 Å². The zero-order valence-electron chi connectivity index (χ0n) is 25.3. The third-order valence-corrected chi connectivity index (χ3v) is 7.43. The molecule has 1 amide bonds. The summed E-state index contributed by atoms with van der Waals surface area (Å²) >= 11 is 0. The molecule has 1 atom stereocenters. The molecule has 1 unspecified atom stereocenters. The van der Waals surface area contributed by atoms with Gasteiger partial charge in [-0.15, -0.1) is 5.92 Å². The highest BCUT2D eigenvalue weighted by Gasteiger charge is 2.29. The summed E-state index contributed by atoms with van der Waals surface area (Å²) in [5.74, 6) is 6.65. The van der Waals surface area contributed by atoms with E-state index in [4.69, 9.17) is 9.72 Å². The molecule has 1 aromatic carbocycles. The van der Waals surface area contributed by atoms with Gasteiger partial charge in [0.1, 0.15) is 11.4 Å². The lowest BCUT2D eigenvalue weighted by atomic mass is 10.1. The first kappa shape index (κ1) is 29.6. The van der Waals surface area contributed by atoms with Crippen LogP contribution in [0.2, 0.25) is 0 Å². The Kier molecular flexibility index (Phi) is 7.88. The summed E-state index contributed by atoms with van der Waals surface area (Å²) < 4.78 is 10.9. The van der Waals surface area contributed by atoms with Gasteiger partial charge in [0.2, 0.25) is 5.95 Å². The van der Waals surface area contributed by atoms with Gasteiger partial charge in [0.25, 0.3) is 11.1 Å².